The molecule has 1 fully saturated rings. The lowest BCUT2D eigenvalue weighted by Gasteiger charge is -2.29. The Morgan fingerprint density at radius 1 is 1.69 bits per heavy atom. The third-order valence-electron chi connectivity index (χ3n) is 3.23. The van der Waals surface area contributed by atoms with Gasteiger partial charge in [0, 0.05) is 18.9 Å². The standard InChI is InChI=1S/C12H17N3O/c1-12(8-13,10-4-5-10)15-11(16)9-3-2-6-14-7-9/h2-3,6-7,10H,4-5,8,13H2,1H3,(H,15,16). The maximum atomic E-state index is 11.9. The fourth-order valence-corrected chi connectivity index (χ4v) is 1.87. The summed E-state index contributed by atoms with van der Waals surface area (Å²) in [6.07, 6.45) is 5.53. The van der Waals surface area contributed by atoms with E-state index in [1.54, 1.807) is 24.5 Å². The minimum absolute atomic E-state index is 0.0899. The van der Waals surface area contributed by atoms with Gasteiger partial charge in [-0.1, -0.05) is 0 Å². The van der Waals surface area contributed by atoms with E-state index in [0.29, 0.717) is 18.0 Å². The summed E-state index contributed by atoms with van der Waals surface area (Å²) in [6.45, 7) is 2.49. The van der Waals surface area contributed by atoms with Crippen molar-refractivity contribution < 1.29 is 4.79 Å². The molecule has 2 rings (SSSR count). The number of pyridine rings is 1. The summed E-state index contributed by atoms with van der Waals surface area (Å²) in [4.78, 5) is 15.9. The van der Waals surface area contributed by atoms with E-state index in [4.69, 9.17) is 5.73 Å². The van der Waals surface area contributed by atoms with Crippen molar-refractivity contribution in [2.45, 2.75) is 25.3 Å². The summed E-state index contributed by atoms with van der Waals surface area (Å²) in [5.74, 6) is 0.436. The molecule has 1 aliphatic carbocycles. The molecule has 1 aromatic rings. The van der Waals surface area contributed by atoms with Crippen LogP contribution in [-0.2, 0) is 0 Å². The lowest BCUT2D eigenvalue weighted by molar-refractivity contribution is 0.0897. The topological polar surface area (TPSA) is 68.0 Å². The van der Waals surface area contributed by atoms with Crippen molar-refractivity contribution in [3.05, 3.63) is 30.1 Å². The number of carbonyl (C=O) groups excluding carboxylic acids is 1. The molecule has 0 aliphatic heterocycles. The highest BCUT2D eigenvalue weighted by Gasteiger charge is 2.41. The molecule has 4 nitrogen and oxygen atoms in total. The van der Waals surface area contributed by atoms with Crippen LogP contribution in [-0.4, -0.2) is 23.0 Å². The Balaban J connectivity index is 2.06. The van der Waals surface area contributed by atoms with Crippen LogP contribution >= 0.6 is 0 Å². The molecule has 1 heterocycles. The van der Waals surface area contributed by atoms with Crippen LogP contribution < -0.4 is 11.1 Å². The van der Waals surface area contributed by atoms with Crippen molar-refractivity contribution in [2.75, 3.05) is 6.54 Å². The molecule has 0 aromatic carbocycles. The summed E-state index contributed by atoms with van der Waals surface area (Å²) in [5, 5.41) is 3.02. The molecule has 4 heteroatoms. The van der Waals surface area contributed by atoms with Gasteiger partial charge >= 0.3 is 0 Å². The van der Waals surface area contributed by atoms with Crippen LogP contribution in [0.15, 0.2) is 24.5 Å². The first-order chi connectivity index (χ1) is 7.65. The van der Waals surface area contributed by atoms with Gasteiger partial charge in [0.25, 0.3) is 5.91 Å². The highest BCUT2D eigenvalue weighted by atomic mass is 16.1. The van der Waals surface area contributed by atoms with Gasteiger partial charge in [0.05, 0.1) is 11.1 Å². The Bertz CT molecular complexity index is 375. The molecule has 1 unspecified atom stereocenters. The minimum atomic E-state index is -0.271. The van der Waals surface area contributed by atoms with Crippen molar-refractivity contribution in [1.29, 1.82) is 0 Å². The number of carbonyl (C=O) groups is 1. The molecule has 16 heavy (non-hydrogen) atoms. The minimum Gasteiger partial charge on any atom is -0.345 e. The molecule has 86 valence electrons. The van der Waals surface area contributed by atoms with Gasteiger partial charge in [-0.3, -0.25) is 9.78 Å². The molecular formula is C12H17N3O. The molecule has 1 atom stereocenters. The van der Waals surface area contributed by atoms with Crippen LogP contribution in [0, 0.1) is 5.92 Å². The smallest absolute Gasteiger partial charge is 0.253 e. The first-order valence-corrected chi connectivity index (χ1v) is 5.58. The van der Waals surface area contributed by atoms with E-state index in [-0.39, 0.29) is 11.4 Å². The van der Waals surface area contributed by atoms with Gasteiger partial charge < -0.3 is 11.1 Å². The number of aromatic nitrogens is 1. The van der Waals surface area contributed by atoms with Crippen LogP contribution in [0.25, 0.3) is 0 Å². The number of nitrogens with zero attached hydrogens (tertiary/aromatic N) is 1. The van der Waals surface area contributed by atoms with E-state index in [2.05, 4.69) is 10.3 Å². The fourth-order valence-electron chi connectivity index (χ4n) is 1.87. The quantitative estimate of drug-likeness (QED) is 0.792. The van der Waals surface area contributed by atoms with E-state index in [1.165, 1.54) is 0 Å². The third-order valence-corrected chi connectivity index (χ3v) is 3.23. The molecule has 1 amide bonds. The zero-order valence-electron chi connectivity index (χ0n) is 9.44. The van der Waals surface area contributed by atoms with Crippen LogP contribution in [0.1, 0.15) is 30.1 Å². The number of nitrogens with two attached hydrogens (primary N) is 1. The SMILES string of the molecule is CC(CN)(NC(=O)c1cccnc1)C1CC1. The van der Waals surface area contributed by atoms with Crippen LogP contribution in [0.5, 0.6) is 0 Å². The molecule has 0 radical (unpaired) electrons. The molecule has 0 bridgehead atoms. The first kappa shape index (κ1) is 11.1. The maximum Gasteiger partial charge on any atom is 0.253 e. The summed E-state index contributed by atoms with van der Waals surface area (Å²) in [5.41, 5.74) is 6.06. The lowest BCUT2D eigenvalue weighted by Crippen LogP contribution is -2.53. The summed E-state index contributed by atoms with van der Waals surface area (Å²) in [6, 6.07) is 3.51. The molecular weight excluding hydrogens is 202 g/mol. The van der Waals surface area contributed by atoms with Gasteiger partial charge in [-0.2, -0.15) is 0 Å². The van der Waals surface area contributed by atoms with E-state index in [9.17, 15) is 4.79 Å². The van der Waals surface area contributed by atoms with Gasteiger partial charge in [-0.25, -0.2) is 0 Å². The second-order valence-corrected chi connectivity index (χ2v) is 4.59. The summed E-state index contributed by atoms with van der Waals surface area (Å²) < 4.78 is 0. The van der Waals surface area contributed by atoms with Crippen molar-refractivity contribution in [2.24, 2.45) is 11.7 Å². The Labute approximate surface area is 95.3 Å². The largest absolute Gasteiger partial charge is 0.345 e. The molecule has 0 spiro atoms. The van der Waals surface area contributed by atoms with Gasteiger partial charge in [-0.15, -0.1) is 0 Å². The van der Waals surface area contributed by atoms with Gasteiger partial charge in [0.2, 0.25) is 0 Å². The Morgan fingerprint density at radius 3 is 2.94 bits per heavy atom. The predicted molar refractivity (Wildman–Crippen MR) is 61.9 cm³/mol. The molecule has 1 aromatic heterocycles. The molecule has 1 aliphatic rings. The summed E-state index contributed by atoms with van der Waals surface area (Å²) >= 11 is 0. The van der Waals surface area contributed by atoms with E-state index < -0.39 is 0 Å². The van der Waals surface area contributed by atoms with Gasteiger partial charge in [0.1, 0.15) is 0 Å². The average molecular weight is 219 g/mol. The first-order valence-electron chi connectivity index (χ1n) is 5.58. The lowest BCUT2D eigenvalue weighted by atomic mass is 9.95. The van der Waals surface area contributed by atoms with Gasteiger partial charge in [-0.05, 0) is 37.8 Å². The second kappa shape index (κ2) is 4.22. The van der Waals surface area contributed by atoms with Crippen molar-refractivity contribution in [3.63, 3.8) is 0 Å². The number of rotatable bonds is 4. The normalized spacial score (nSPS) is 18.9. The Morgan fingerprint density at radius 2 is 2.44 bits per heavy atom. The zero-order valence-corrected chi connectivity index (χ0v) is 9.44. The summed E-state index contributed by atoms with van der Waals surface area (Å²) in [7, 11) is 0. The van der Waals surface area contributed by atoms with Gasteiger partial charge in [0.15, 0.2) is 0 Å². The number of amides is 1. The monoisotopic (exact) mass is 219 g/mol. The highest BCUT2D eigenvalue weighted by Crippen LogP contribution is 2.39. The van der Waals surface area contributed by atoms with E-state index >= 15 is 0 Å². The Kier molecular flexibility index (Phi) is 2.92. The number of hydrogen-bond acceptors (Lipinski definition) is 3. The maximum absolute atomic E-state index is 11.9. The zero-order chi connectivity index (χ0) is 11.6. The molecule has 3 N–H and O–H groups in total. The average Bonchev–Trinajstić information content (AvgIpc) is 3.14. The highest BCUT2D eigenvalue weighted by molar-refractivity contribution is 5.94. The van der Waals surface area contributed by atoms with E-state index in [0.717, 1.165) is 12.8 Å². The predicted octanol–water partition coefficient (Wildman–Crippen LogP) is 0.939. The second-order valence-electron chi connectivity index (χ2n) is 4.59. The number of hydrogen-bond donors (Lipinski definition) is 2. The van der Waals surface area contributed by atoms with Crippen molar-refractivity contribution in [1.82, 2.24) is 10.3 Å². The van der Waals surface area contributed by atoms with Crippen molar-refractivity contribution in [3.8, 4) is 0 Å². The van der Waals surface area contributed by atoms with Crippen molar-refractivity contribution >= 4 is 5.91 Å². The Hall–Kier alpha value is -1.42. The van der Waals surface area contributed by atoms with Crippen LogP contribution in [0.4, 0.5) is 0 Å². The molecule has 1 saturated carbocycles. The third kappa shape index (κ3) is 2.22. The van der Waals surface area contributed by atoms with E-state index in [1.807, 2.05) is 6.92 Å². The van der Waals surface area contributed by atoms with Crippen LogP contribution in [0.2, 0.25) is 0 Å². The van der Waals surface area contributed by atoms with Crippen LogP contribution in [0.3, 0.4) is 0 Å². The fraction of sp³-hybridized carbons (Fsp3) is 0.500. The molecule has 0 saturated heterocycles. The number of nitrogens with one attached hydrogen (secondary N) is 1.